The Hall–Kier alpha value is -0.930. The van der Waals surface area contributed by atoms with Crippen LogP contribution in [0, 0.1) is 0 Å². The van der Waals surface area contributed by atoms with Crippen LogP contribution in [0.4, 0.5) is 0 Å². The lowest BCUT2D eigenvalue weighted by Crippen LogP contribution is -2.38. The Labute approximate surface area is 161 Å². The molecule has 1 aliphatic rings. The second-order valence-electron chi connectivity index (χ2n) is 6.89. The number of nitrogens with one attached hydrogen (secondary N) is 1. The van der Waals surface area contributed by atoms with Crippen LogP contribution in [-0.2, 0) is 4.79 Å². The van der Waals surface area contributed by atoms with Crippen LogP contribution in [-0.4, -0.2) is 18.6 Å². The van der Waals surface area contributed by atoms with Crippen molar-refractivity contribution in [3.05, 3.63) is 28.2 Å². The second kappa shape index (κ2) is 11.6. The number of carbonyl (C=O) groups is 1. The number of ether oxygens (including phenoxy) is 1. The summed E-state index contributed by atoms with van der Waals surface area (Å²) in [4.78, 5) is 12.2. The fraction of sp³-hybridized carbons (Fsp3) is 0.650. The van der Waals surface area contributed by atoms with E-state index in [-0.39, 0.29) is 18.6 Å². The zero-order chi connectivity index (χ0) is 17.9. The minimum atomic E-state index is -0.0805. The van der Waals surface area contributed by atoms with E-state index < -0.39 is 0 Å². The highest BCUT2D eigenvalue weighted by Gasteiger charge is 2.14. The summed E-state index contributed by atoms with van der Waals surface area (Å²) in [5.41, 5.74) is 0. The Kier molecular flexibility index (Phi) is 9.49. The number of benzene rings is 1. The van der Waals surface area contributed by atoms with Crippen LogP contribution >= 0.6 is 23.2 Å². The van der Waals surface area contributed by atoms with Crippen molar-refractivity contribution >= 4 is 29.1 Å². The minimum absolute atomic E-state index is 0.0160. The molecule has 1 N–H and O–H groups in total. The number of hydrogen-bond donors (Lipinski definition) is 1. The molecule has 5 heteroatoms. The van der Waals surface area contributed by atoms with Crippen LogP contribution < -0.4 is 10.1 Å². The fourth-order valence-corrected chi connectivity index (χ4v) is 3.78. The summed E-state index contributed by atoms with van der Waals surface area (Å²) >= 11 is 11.9. The first-order valence-electron chi connectivity index (χ1n) is 9.52. The highest BCUT2D eigenvalue weighted by molar-refractivity contribution is 6.35. The summed E-state index contributed by atoms with van der Waals surface area (Å²) < 4.78 is 5.53. The molecule has 0 unspecified atom stereocenters. The van der Waals surface area contributed by atoms with Crippen molar-refractivity contribution in [2.75, 3.05) is 6.61 Å². The summed E-state index contributed by atoms with van der Waals surface area (Å²) in [6, 6.07) is 5.26. The second-order valence-corrected chi connectivity index (χ2v) is 7.73. The lowest BCUT2D eigenvalue weighted by Gasteiger charge is -2.20. The van der Waals surface area contributed by atoms with E-state index in [2.05, 4.69) is 5.32 Å². The van der Waals surface area contributed by atoms with Gasteiger partial charge in [-0.3, -0.25) is 4.79 Å². The van der Waals surface area contributed by atoms with Gasteiger partial charge in [-0.1, -0.05) is 81.0 Å². The van der Waals surface area contributed by atoms with E-state index in [0.717, 1.165) is 12.8 Å². The number of rotatable bonds is 4. The molecule has 0 heterocycles. The number of halogens is 2. The van der Waals surface area contributed by atoms with Gasteiger partial charge in [0, 0.05) is 11.1 Å². The van der Waals surface area contributed by atoms with Crippen molar-refractivity contribution in [3.63, 3.8) is 0 Å². The molecule has 1 amide bonds. The molecule has 0 radical (unpaired) electrons. The average molecular weight is 386 g/mol. The van der Waals surface area contributed by atoms with E-state index in [1.165, 1.54) is 57.8 Å². The van der Waals surface area contributed by atoms with Crippen LogP contribution in [0.2, 0.25) is 10.0 Å². The van der Waals surface area contributed by atoms with E-state index in [1.54, 1.807) is 18.2 Å². The van der Waals surface area contributed by atoms with Gasteiger partial charge >= 0.3 is 0 Å². The SMILES string of the molecule is O=C(COc1ccc(Cl)cc1Cl)NC1CCCCCCCCCCC1. The molecule has 3 nitrogen and oxygen atoms in total. The van der Waals surface area contributed by atoms with Gasteiger partial charge in [-0.2, -0.15) is 0 Å². The van der Waals surface area contributed by atoms with Gasteiger partial charge in [0.05, 0.1) is 5.02 Å². The lowest BCUT2D eigenvalue weighted by atomic mass is 9.98. The van der Waals surface area contributed by atoms with Gasteiger partial charge in [-0.25, -0.2) is 0 Å². The minimum Gasteiger partial charge on any atom is -0.482 e. The first-order chi connectivity index (χ1) is 12.1. The Bertz CT molecular complexity index is 524. The van der Waals surface area contributed by atoms with Crippen LogP contribution in [0.5, 0.6) is 5.75 Å². The van der Waals surface area contributed by atoms with Gasteiger partial charge in [-0.05, 0) is 31.0 Å². The summed E-state index contributed by atoms with van der Waals surface area (Å²) in [5, 5.41) is 4.11. The molecule has 0 aromatic heterocycles. The molecule has 25 heavy (non-hydrogen) atoms. The monoisotopic (exact) mass is 385 g/mol. The molecule has 1 fully saturated rings. The Morgan fingerprint density at radius 3 is 2.08 bits per heavy atom. The highest BCUT2D eigenvalue weighted by atomic mass is 35.5. The van der Waals surface area contributed by atoms with Crippen molar-refractivity contribution in [1.29, 1.82) is 0 Å². The topological polar surface area (TPSA) is 38.3 Å². The summed E-state index contributed by atoms with van der Waals surface area (Å²) in [6.07, 6.45) is 13.8. The smallest absolute Gasteiger partial charge is 0.258 e. The van der Waals surface area contributed by atoms with Crippen LogP contribution in [0.15, 0.2) is 18.2 Å². The van der Waals surface area contributed by atoms with Crippen molar-refractivity contribution in [2.24, 2.45) is 0 Å². The fourth-order valence-electron chi connectivity index (χ4n) is 3.31. The maximum absolute atomic E-state index is 12.2. The number of hydrogen-bond acceptors (Lipinski definition) is 2. The maximum Gasteiger partial charge on any atom is 0.258 e. The van der Waals surface area contributed by atoms with E-state index in [0.29, 0.717) is 15.8 Å². The molecule has 0 saturated heterocycles. The molecule has 1 aromatic rings. The molecular weight excluding hydrogens is 357 g/mol. The van der Waals surface area contributed by atoms with E-state index >= 15 is 0 Å². The van der Waals surface area contributed by atoms with Gasteiger partial charge in [-0.15, -0.1) is 0 Å². The Balaban J connectivity index is 1.77. The quantitative estimate of drug-likeness (QED) is 0.673. The van der Waals surface area contributed by atoms with Crippen molar-refractivity contribution < 1.29 is 9.53 Å². The predicted octanol–water partition coefficient (Wildman–Crippen LogP) is 6.16. The van der Waals surface area contributed by atoms with Gasteiger partial charge < -0.3 is 10.1 Å². The van der Waals surface area contributed by atoms with Gasteiger partial charge in [0.2, 0.25) is 0 Å². The molecule has 2 rings (SSSR count). The zero-order valence-electron chi connectivity index (χ0n) is 14.9. The van der Waals surface area contributed by atoms with E-state index in [9.17, 15) is 4.79 Å². The number of carbonyl (C=O) groups excluding carboxylic acids is 1. The zero-order valence-corrected chi connectivity index (χ0v) is 16.4. The van der Waals surface area contributed by atoms with Crippen LogP contribution in [0.3, 0.4) is 0 Å². The van der Waals surface area contributed by atoms with Gasteiger partial charge in [0.1, 0.15) is 5.75 Å². The molecule has 140 valence electrons. The molecule has 0 bridgehead atoms. The lowest BCUT2D eigenvalue weighted by molar-refractivity contribution is -0.123. The van der Waals surface area contributed by atoms with Crippen LogP contribution in [0.25, 0.3) is 0 Å². The average Bonchev–Trinajstić information content (AvgIpc) is 2.56. The summed E-state index contributed by atoms with van der Waals surface area (Å²) in [7, 11) is 0. The Morgan fingerprint density at radius 1 is 0.960 bits per heavy atom. The first-order valence-corrected chi connectivity index (χ1v) is 10.3. The summed E-state index contributed by atoms with van der Waals surface area (Å²) in [6.45, 7) is -0.0160. The van der Waals surface area contributed by atoms with Crippen molar-refractivity contribution in [2.45, 2.75) is 76.7 Å². The molecular formula is C20H29Cl2NO2. The maximum atomic E-state index is 12.2. The normalized spacial score (nSPS) is 18.0. The highest BCUT2D eigenvalue weighted by Crippen LogP contribution is 2.27. The molecule has 1 saturated carbocycles. The van der Waals surface area contributed by atoms with Crippen LogP contribution in [0.1, 0.15) is 70.6 Å². The summed E-state index contributed by atoms with van der Waals surface area (Å²) in [5.74, 6) is 0.406. The van der Waals surface area contributed by atoms with Crippen molar-refractivity contribution in [1.82, 2.24) is 5.32 Å². The van der Waals surface area contributed by atoms with Crippen molar-refractivity contribution in [3.8, 4) is 5.75 Å². The first kappa shape index (κ1) is 20.4. The third-order valence-corrected chi connectivity index (χ3v) is 5.25. The predicted molar refractivity (Wildman–Crippen MR) is 105 cm³/mol. The third-order valence-electron chi connectivity index (χ3n) is 4.72. The van der Waals surface area contributed by atoms with Gasteiger partial charge in [0.15, 0.2) is 6.61 Å². The largest absolute Gasteiger partial charge is 0.482 e. The van der Waals surface area contributed by atoms with Gasteiger partial charge in [0.25, 0.3) is 5.91 Å². The third kappa shape index (κ3) is 8.33. The Morgan fingerprint density at radius 2 is 1.52 bits per heavy atom. The molecule has 0 aliphatic heterocycles. The molecule has 1 aliphatic carbocycles. The number of amides is 1. The molecule has 1 aromatic carbocycles. The van der Waals surface area contributed by atoms with E-state index in [4.69, 9.17) is 27.9 Å². The van der Waals surface area contributed by atoms with E-state index in [1.807, 2.05) is 0 Å². The standard InChI is InChI=1S/C20H29Cl2NO2/c21-16-12-13-19(18(22)14-16)25-15-20(24)23-17-10-8-6-4-2-1-3-5-7-9-11-17/h12-14,17H,1-11,15H2,(H,23,24). The molecule has 0 atom stereocenters. The molecule has 0 spiro atoms.